The van der Waals surface area contributed by atoms with E-state index in [9.17, 15) is 0 Å². The Morgan fingerprint density at radius 2 is 2.47 bits per heavy atom. The molecule has 1 aliphatic rings. The summed E-state index contributed by atoms with van der Waals surface area (Å²) in [6.45, 7) is 3.14. The van der Waals surface area contributed by atoms with Crippen molar-refractivity contribution >= 4 is 11.3 Å². The summed E-state index contributed by atoms with van der Waals surface area (Å²) in [5.41, 5.74) is 1.26. The molecule has 2 rings (SSSR count). The maximum atomic E-state index is 5.72. The van der Waals surface area contributed by atoms with Crippen LogP contribution in [0.3, 0.4) is 0 Å². The minimum absolute atomic E-state index is 0.430. The van der Waals surface area contributed by atoms with Gasteiger partial charge < -0.3 is 4.74 Å². The lowest BCUT2D eigenvalue weighted by Gasteiger charge is -2.21. The zero-order valence-corrected chi connectivity index (χ0v) is 10.2. The van der Waals surface area contributed by atoms with Gasteiger partial charge in [-0.2, -0.15) is 0 Å². The summed E-state index contributed by atoms with van der Waals surface area (Å²) in [6.07, 6.45) is 7.51. The fraction of sp³-hybridized carbons (Fsp3) is 0.750. The first kappa shape index (κ1) is 11.1. The predicted octanol–water partition coefficient (Wildman–Crippen LogP) is 3.21. The molecule has 0 spiro atoms. The molecule has 1 fully saturated rings. The maximum absolute atomic E-state index is 5.72. The highest BCUT2D eigenvalue weighted by atomic mass is 32.1. The van der Waals surface area contributed by atoms with Crippen LogP contribution in [0.4, 0.5) is 0 Å². The maximum Gasteiger partial charge on any atom is 0.0954 e. The summed E-state index contributed by atoms with van der Waals surface area (Å²) in [6, 6.07) is 0. The summed E-state index contributed by atoms with van der Waals surface area (Å²) in [5, 5.41) is 3.45. The molecular formula is C12H19NOS. The van der Waals surface area contributed by atoms with Crippen molar-refractivity contribution in [3.8, 4) is 0 Å². The average molecular weight is 225 g/mol. The van der Waals surface area contributed by atoms with E-state index in [0.717, 1.165) is 19.4 Å². The molecule has 0 radical (unpaired) electrons. The molecule has 1 atom stereocenters. The SMILES string of the molecule is CCCc1csc(CC2CCCCO2)n1. The fourth-order valence-electron chi connectivity index (χ4n) is 1.98. The summed E-state index contributed by atoms with van der Waals surface area (Å²) in [4.78, 5) is 4.63. The van der Waals surface area contributed by atoms with Crippen molar-refractivity contribution < 1.29 is 4.74 Å². The average Bonchev–Trinajstić information content (AvgIpc) is 2.68. The number of thiazole rings is 1. The zero-order chi connectivity index (χ0) is 10.5. The lowest BCUT2D eigenvalue weighted by Crippen LogP contribution is -2.21. The van der Waals surface area contributed by atoms with Crippen molar-refractivity contribution in [1.82, 2.24) is 4.98 Å². The van der Waals surface area contributed by atoms with Gasteiger partial charge in [-0.1, -0.05) is 13.3 Å². The molecular weight excluding hydrogens is 206 g/mol. The van der Waals surface area contributed by atoms with Gasteiger partial charge in [-0.3, -0.25) is 0 Å². The first-order valence-electron chi connectivity index (χ1n) is 5.93. The van der Waals surface area contributed by atoms with E-state index in [0.29, 0.717) is 6.10 Å². The number of aryl methyl sites for hydroxylation is 1. The van der Waals surface area contributed by atoms with Crippen LogP contribution in [0.5, 0.6) is 0 Å². The van der Waals surface area contributed by atoms with Crippen LogP contribution in [0.15, 0.2) is 5.38 Å². The van der Waals surface area contributed by atoms with E-state index in [1.54, 1.807) is 11.3 Å². The number of hydrogen-bond acceptors (Lipinski definition) is 3. The molecule has 2 nitrogen and oxygen atoms in total. The highest BCUT2D eigenvalue weighted by Gasteiger charge is 2.15. The fourth-order valence-corrected chi connectivity index (χ4v) is 2.87. The second kappa shape index (κ2) is 5.61. The third-order valence-corrected chi connectivity index (χ3v) is 3.70. The molecule has 15 heavy (non-hydrogen) atoms. The summed E-state index contributed by atoms with van der Waals surface area (Å²) in [5.74, 6) is 0. The third kappa shape index (κ3) is 3.28. The molecule has 1 unspecified atom stereocenters. The van der Waals surface area contributed by atoms with Crippen LogP contribution in [0.1, 0.15) is 43.3 Å². The van der Waals surface area contributed by atoms with Crippen molar-refractivity contribution in [2.45, 2.75) is 51.6 Å². The summed E-state index contributed by atoms with van der Waals surface area (Å²) >= 11 is 1.79. The summed E-state index contributed by atoms with van der Waals surface area (Å²) in [7, 11) is 0. The topological polar surface area (TPSA) is 22.1 Å². The molecule has 0 bridgehead atoms. The number of nitrogens with zero attached hydrogens (tertiary/aromatic N) is 1. The van der Waals surface area contributed by atoms with Gasteiger partial charge in [0.25, 0.3) is 0 Å². The molecule has 0 aromatic carbocycles. The van der Waals surface area contributed by atoms with E-state index >= 15 is 0 Å². The first-order chi connectivity index (χ1) is 7.38. The van der Waals surface area contributed by atoms with Crippen LogP contribution >= 0.6 is 11.3 Å². The Balaban J connectivity index is 1.86. The highest BCUT2D eigenvalue weighted by molar-refractivity contribution is 7.09. The van der Waals surface area contributed by atoms with Crippen LogP contribution in [0, 0.1) is 0 Å². The van der Waals surface area contributed by atoms with E-state index < -0.39 is 0 Å². The van der Waals surface area contributed by atoms with Gasteiger partial charge in [0.15, 0.2) is 0 Å². The van der Waals surface area contributed by atoms with E-state index in [1.165, 1.54) is 36.4 Å². The second-order valence-electron chi connectivity index (χ2n) is 4.18. The molecule has 1 aromatic heterocycles. The monoisotopic (exact) mass is 225 g/mol. The number of ether oxygens (including phenoxy) is 1. The molecule has 0 saturated carbocycles. The molecule has 0 aliphatic carbocycles. The summed E-state index contributed by atoms with van der Waals surface area (Å²) < 4.78 is 5.72. The van der Waals surface area contributed by atoms with Crippen LogP contribution < -0.4 is 0 Å². The van der Waals surface area contributed by atoms with Gasteiger partial charge in [-0.25, -0.2) is 4.98 Å². The van der Waals surface area contributed by atoms with Gasteiger partial charge >= 0.3 is 0 Å². The Labute approximate surface area is 95.7 Å². The van der Waals surface area contributed by atoms with Gasteiger partial charge in [0, 0.05) is 18.4 Å². The Morgan fingerprint density at radius 3 is 3.20 bits per heavy atom. The molecule has 0 amide bonds. The minimum atomic E-state index is 0.430. The highest BCUT2D eigenvalue weighted by Crippen LogP contribution is 2.19. The lowest BCUT2D eigenvalue weighted by atomic mass is 10.1. The normalized spacial score (nSPS) is 21.8. The van der Waals surface area contributed by atoms with Crippen molar-refractivity contribution in [1.29, 1.82) is 0 Å². The van der Waals surface area contributed by atoms with E-state index in [4.69, 9.17) is 4.74 Å². The van der Waals surface area contributed by atoms with E-state index in [2.05, 4.69) is 17.3 Å². The molecule has 84 valence electrons. The van der Waals surface area contributed by atoms with Crippen LogP contribution in [-0.2, 0) is 17.6 Å². The number of hydrogen-bond donors (Lipinski definition) is 0. The van der Waals surface area contributed by atoms with Gasteiger partial charge in [0.05, 0.1) is 16.8 Å². The van der Waals surface area contributed by atoms with Crippen molar-refractivity contribution in [2.24, 2.45) is 0 Å². The molecule has 1 aliphatic heterocycles. The molecule has 2 heterocycles. The first-order valence-corrected chi connectivity index (χ1v) is 6.81. The molecule has 3 heteroatoms. The van der Waals surface area contributed by atoms with Gasteiger partial charge in [0.1, 0.15) is 0 Å². The zero-order valence-electron chi connectivity index (χ0n) is 9.37. The van der Waals surface area contributed by atoms with Crippen molar-refractivity contribution in [3.05, 3.63) is 16.1 Å². The van der Waals surface area contributed by atoms with Crippen LogP contribution in [0.25, 0.3) is 0 Å². The smallest absolute Gasteiger partial charge is 0.0954 e. The molecule has 0 N–H and O–H groups in total. The quantitative estimate of drug-likeness (QED) is 0.785. The van der Waals surface area contributed by atoms with Gasteiger partial charge in [0.2, 0.25) is 0 Å². The largest absolute Gasteiger partial charge is 0.378 e. The van der Waals surface area contributed by atoms with Gasteiger partial charge in [-0.05, 0) is 25.7 Å². The second-order valence-corrected chi connectivity index (χ2v) is 5.12. The van der Waals surface area contributed by atoms with Gasteiger partial charge in [-0.15, -0.1) is 11.3 Å². The van der Waals surface area contributed by atoms with E-state index in [-0.39, 0.29) is 0 Å². The Bertz CT molecular complexity index is 292. The Morgan fingerprint density at radius 1 is 1.53 bits per heavy atom. The van der Waals surface area contributed by atoms with Crippen LogP contribution in [0.2, 0.25) is 0 Å². The third-order valence-electron chi connectivity index (χ3n) is 2.78. The predicted molar refractivity (Wildman–Crippen MR) is 63.4 cm³/mol. The molecule has 1 saturated heterocycles. The Kier molecular flexibility index (Phi) is 4.15. The minimum Gasteiger partial charge on any atom is -0.378 e. The molecule has 1 aromatic rings. The van der Waals surface area contributed by atoms with E-state index in [1.807, 2.05) is 0 Å². The Hall–Kier alpha value is -0.410. The van der Waals surface area contributed by atoms with Crippen LogP contribution in [-0.4, -0.2) is 17.7 Å². The number of aromatic nitrogens is 1. The van der Waals surface area contributed by atoms with Crippen molar-refractivity contribution in [3.63, 3.8) is 0 Å². The number of rotatable bonds is 4. The standard InChI is InChI=1S/C12H19NOS/c1-2-5-10-9-15-12(13-10)8-11-6-3-4-7-14-11/h9,11H,2-8H2,1H3. The lowest BCUT2D eigenvalue weighted by molar-refractivity contribution is 0.0167. The van der Waals surface area contributed by atoms with Crippen molar-refractivity contribution in [2.75, 3.05) is 6.61 Å².